The van der Waals surface area contributed by atoms with E-state index in [2.05, 4.69) is 15.2 Å². The Bertz CT molecular complexity index is 1300. The van der Waals surface area contributed by atoms with Gasteiger partial charge in [0, 0.05) is 13.0 Å². The van der Waals surface area contributed by atoms with E-state index in [0.717, 1.165) is 27.8 Å². The summed E-state index contributed by atoms with van der Waals surface area (Å²) in [6.07, 6.45) is 1.02. The van der Waals surface area contributed by atoms with E-state index in [0.29, 0.717) is 6.42 Å². The molecular weight excluding hydrogens is 529 g/mol. The minimum absolute atomic E-state index is 0.102. The smallest absolute Gasteiger partial charge is 0.326 e. The summed E-state index contributed by atoms with van der Waals surface area (Å²) in [6, 6.07) is 12.9. The molecule has 0 aliphatic heterocycles. The van der Waals surface area contributed by atoms with Crippen molar-refractivity contribution in [1.29, 1.82) is 0 Å². The third-order valence-electron chi connectivity index (χ3n) is 6.77. The van der Waals surface area contributed by atoms with Crippen LogP contribution < -0.4 is 16.8 Å². The lowest BCUT2D eigenvalue weighted by molar-refractivity contribution is -0.142. The second-order valence-corrected chi connectivity index (χ2v) is 10.2. The van der Waals surface area contributed by atoms with Crippen LogP contribution in [0.15, 0.2) is 71.2 Å². The molecule has 41 heavy (non-hydrogen) atoms. The first-order chi connectivity index (χ1) is 19.5. The molecule has 0 radical (unpaired) electrons. The summed E-state index contributed by atoms with van der Waals surface area (Å²) in [5.74, 6) is -2.30. The number of nitrogens with two attached hydrogens (primary N) is 2. The number of carboxylic acid groups (broad SMARTS) is 1. The van der Waals surface area contributed by atoms with Crippen LogP contribution in [0.25, 0.3) is 5.57 Å². The SMILES string of the molecule is CN(C)C1C(C=C[C@H](O)C[C@H](O)CC(=O)N[C@H](CCCN=C(N)N)C(=O)O)=C(c2ccc(F)cc2)c2ccccc21. The molecule has 11 heteroatoms. The number of aliphatic hydroxyl groups excluding tert-OH is 2. The fraction of sp³-hybridized carbons (Fsp3) is 0.367. The van der Waals surface area contributed by atoms with Gasteiger partial charge in [-0.05, 0) is 66.9 Å². The van der Waals surface area contributed by atoms with Gasteiger partial charge in [-0.3, -0.25) is 14.7 Å². The molecule has 8 N–H and O–H groups in total. The lowest BCUT2D eigenvalue weighted by atomic mass is 9.96. The van der Waals surface area contributed by atoms with Crippen molar-refractivity contribution in [3.05, 3.63) is 88.8 Å². The molecule has 10 nitrogen and oxygen atoms in total. The van der Waals surface area contributed by atoms with Crippen LogP contribution in [0.3, 0.4) is 0 Å². The van der Waals surface area contributed by atoms with Crippen molar-refractivity contribution in [3.63, 3.8) is 0 Å². The number of guanidine groups is 1. The van der Waals surface area contributed by atoms with Crippen molar-refractivity contribution in [3.8, 4) is 0 Å². The highest BCUT2D eigenvalue weighted by atomic mass is 19.1. The summed E-state index contributed by atoms with van der Waals surface area (Å²) in [5.41, 5.74) is 15.2. The van der Waals surface area contributed by atoms with Gasteiger partial charge in [-0.1, -0.05) is 48.6 Å². The monoisotopic (exact) mass is 567 g/mol. The molecule has 4 atom stereocenters. The van der Waals surface area contributed by atoms with Gasteiger partial charge in [0.05, 0.1) is 24.7 Å². The average molecular weight is 568 g/mol. The highest BCUT2D eigenvalue weighted by molar-refractivity contribution is 5.90. The molecule has 1 aliphatic rings. The number of hydrogen-bond donors (Lipinski definition) is 6. The van der Waals surface area contributed by atoms with Crippen LogP contribution in [0, 0.1) is 5.82 Å². The normalized spacial score (nSPS) is 16.9. The first-order valence-electron chi connectivity index (χ1n) is 13.4. The molecule has 0 fully saturated rings. The second kappa shape index (κ2) is 14.5. The van der Waals surface area contributed by atoms with Crippen LogP contribution in [0.5, 0.6) is 0 Å². The van der Waals surface area contributed by atoms with Gasteiger partial charge in [-0.15, -0.1) is 0 Å². The van der Waals surface area contributed by atoms with Crippen molar-refractivity contribution >= 4 is 23.4 Å². The number of carbonyl (C=O) groups is 2. The molecule has 2 aromatic carbocycles. The molecule has 0 saturated heterocycles. The molecule has 1 unspecified atom stereocenters. The van der Waals surface area contributed by atoms with Gasteiger partial charge in [-0.25, -0.2) is 9.18 Å². The minimum atomic E-state index is -1.21. The Balaban J connectivity index is 1.70. The van der Waals surface area contributed by atoms with Gasteiger partial charge in [0.25, 0.3) is 0 Å². The topological polar surface area (TPSA) is 174 Å². The summed E-state index contributed by atoms with van der Waals surface area (Å²) >= 11 is 0. The van der Waals surface area contributed by atoms with Gasteiger partial charge < -0.3 is 32.1 Å². The highest BCUT2D eigenvalue weighted by Crippen LogP contribution is 2.46. The zero-order valence-electron chi connectivity index (χ0n) is 23.2. The van der Waals surface area contributed by atoms with E-state index in [1.54, 1.807) is 24.3 Å². The number of nitrogens with one attached hydrogen (secondary N) is 1. The number of likely N-dealkylation sites (N-methyl/N-ethyl adjacent to an activating group) is 1. The molecule has 1 amide bonds. The van der Waals surface area contributed by atoms with Gasteiger partial charge in [0.2, 0.25) is 5.91 Å². The van der Waals surface area contributed by atoms with Crippen LogP contribution in [-0.2, 0) is 9.59 Å². The first kappa shape index (κ1) is 31.5. The Morgan fingerprint density at radius 3 is 2.44 bits per heavy atom. The van der Waals surface area contributed by atoms with E-state index in [1.165, 1.54) is 12.1 Å². The first-order valence-corrected chi connectivity index (χ1v) is 13.4. The third-order valence-corrected chi connectivity index (χ3v) is 6.77. The maximum absolute atomic E-state index is 13.7. The Morgan fingerprint density at radius 1 is 1.12 bits per heavy atom. The third kappa shape index (κ3) is 8.71. The van der Waals surface area contributed by atoms with Gasteiger partial charge in [0.15, 0.2) is 5.96 Å². The zero-order chi connectivity index (χ0) is 30.1. The lowest BCUT2D eigenvalue weighted by Crippen LogP contribution is -2.42. The van der Waals surface area contributed by atoms with Crippen molar-refractivity contribution < 1.29 is 29.3 Å². The molecular formula is C30H38FN5O5. The number of amides is 1. The van der Waals surface area contributed by atoms with Crippen LogP contribution in [0.2, 0.25) is 0 Å². The van der Waals surface area contributed by atoms with Crippen molar-refractivity contribution in [1.82, 2.24) is 10.2 Å². The van der Waals surface area contributed by atoms with Crippen molar-refractivity contribution in [2.45, 2.75) is 50.0 Å². The molecule has 0 saturated carbocycles. The predicted octanol–water partition coefficient (Wildman–Crippen LogP) is 1.93. The van der Waals surface area contributed by atoms with E-state index >= 15 is 0 Å². The molecule has 1 aliphatic carbocycles. The Labute approximate surface area is 238 Å². The van der Waals surface area contributed by atoms with Crippen molar-refractivity contribution in [2.24, 2.45) is 16.5 Å². The number of rotatable bonds is 14. The predicted molar refractivity (Wildman–Crippen MR) is 155 cm³/mol. The van der Waals surface area contributed by atoms with E-state index in [-0.39, 0.29) is 43.6 Å². The van der Waals surface area contributed by atoms with Gasteiger partial charge in [-0.2, -0.15) is 0 Å². The van der Waals surface area contributed by atoms with Crippen LogP contribution in [-0.4, -0.2) is 76.9 Å². The fourth-order valence-electron chi connectivity index (χ4n) is 4.98. The van der Waals surface area contributed by atoms with E-state index in [4.69, 9.17) is 11.5 Å². The quantitative estimate of drug-likeness (QED) is 0.114. The van der Waals surface area contributed by atoms with E-state index in [9.17, 15) is 29.3 Å². The van der Waals surface area contributed by atoms with E-state index in [1.807, 2.05) is 38.4 Å². The number of carbonyl (C=O) groups excluding carboxylic acids is 1. The number of carboxylic acids is 1. The number of hydrogen-bond acceptors (Lipinski definition) is 6. The molecule has 0 aromatic heterocycles. The van der Waals surface area contributed by atoms with Gasteiger partial charge in [0.1, 0.15) is 11.9 Å². The van der Waals surface area contributed by atoms with Crippen LogP contribution in [0.4, 0.5) is 4.39 Å². The summed E-state index contributed by atoms with van der Waals surface area (Å²) in [7, 11) is 3.90. The largest absolute Gasteiger partial charge is 0.480 e. The van der Waals surface area contributed by atoms with Crippen molar-refractivity contribution in [2.75, 3.05) is 20.6 Å². The Kier molecular flexibility index (Phi) is 11.2. The number of nitrogens with zero attached hydrogens (tertiary/aromatic N) is 2. The molecule has 0 spiro atoms. The summed E-state index contributed by atoms with van der Waals surface area (Å²) in [4.78, 5) is 29.7. The molecule has 0 bridgehead atoms. The van der Waals surface area contributed by atoms with Crippen LogP contribution in [0.1, 0.15) is 48.4 Å². The summed E-state index contributed by atoms with van der Waals surface area (Å²) in [6.45, 7) is 0.224. The Hall–Kier alpha value is -4.06. The molecule has 3 rings (SSSR count). The number of aliphatic carboxylic acids is 1. The number of benzene rings is 2. The minimum Gasteiger partial charge on any atom is -0.480 e. The zero-order valence-corrected chi connectivity index (χ0v) is 23.2. The highest BCUT2D eigenvalue weighted by Gasteiger charge is 2.32. The lowest BCUT2D eigenvalue weighted by Gasteiger charge is -2.23. The maximum atomic E-state index is 13.7. The maximum Gasteiger partial charge on any atom is 0.326 e. The number of aliphatic imine (C=N–C) groups is 1. The molecule has 2 aromatic rings. The number of halogens is 1. The van der Waals surface area contributed by atoms with Gasteiger partial charge >= 0.3 is 5.97 Å². The van der Waals surface area contributed by atoms with Crippen LogP contribution >= 0.6 is 0 Å². The molecule has 220 valence electrons. The fourth-order valence-corrected chi connectivity index (χ4v) is 4.98. The summed E-state index contributed by atoms with van der Waals surface area (Å²) in [5, 5.41) is 32.9. The number of fused-ring (bicyclic) bond motifs is 1. The Morgan fingerprint density at radius 2 is 1.80 bits per heavy atom. The molecule has 0 heterocycles. The van der Waals surface area contributed by atoms with E-state index < -0.39 is 30.1 Å². The summed E-state index contributed by atoms with van der Waals surface area (Å²) < 4.78 is 13.7. The average Bonchev–Trinajstić information content (AvgIpc) is 3.23. The number of aliphatic hydroxyl groups is 2. The standard InChI is InChI=1S/C30H38FN5O5/c1-36(2)28-23-7-4-3-6-22(23)27(18-9-11-19(31)12-10-18)24(28)14-13-20(37)16-21(38)17-26(39)35-25(29(40)41)8-5-15-34-30(32)33/h3-4,6-7,9-14,20-21,25,28,37-38H,5,8,15-17H2,1-2H3,(H,35,39)(H,40,41)(H4,32,33,34)/t20-,21-,25+,28?/m0/s1. The second-order valence-electron chi connectivity index (χ2n) is 10.2.